The van der Waals surface area contributed by atoms with E-state index in [4.69, 9.17) is 4.74 Å². The zero-order valence-electron chi connectivity index (χ0n) is 9.99. The van der Waals surface area contributed by atoms with Crippen LogP contribution in [0.5, 0.6) is 5.75 Å². The van der Waals surface area contributed by atoms with Crippen LogP contribution in [0.1, 0.15) is 24.5 Å². The number of aryl methyl sites for hydroxylation is 1. The molecule has 1 aromatic carbocycles. The molecule has 1 heterocycles. The Kier molecular flexibility index (Phi) is 3.17. The van der Waals surface area contributed by atoms with E-state index >= 15 is 0 Å². The standard InChI is InChI=1S/C13H18O2S/c1-9-6-11(15-3)4-5-12(9)13(14)7-10(2)16-8-13/h4-6,10,14H,7-8H2,1-3H3. The zero-order chi connectivity index (χ0) is 11.8. The first kappa shape index (κ1) is 11.8. The van der Waals surface area contributed by atoms with Crippen LogP contribution in [0.2, 0.25) is 0 Å². The summed E-state index contributed by atoms with van der Waals surface area (Å²) < 4.78 is 5.18. The molecule has 0 aliphatic carbocycles. The summed E-state index contributed by atoms with van der Waals surface area (Å²) >= 11 is 1.84. The highest BCUT2D eigenvalue weighted by Gasteiger charge is 2.38. The molecule has 0 radical (unpaired) electrons. The number of methoxy groups -OCH3 is 1. The number of hydrogen-bond donors (Lipinski definition) is 1. The first-order chi connectivity index (χ1) is 7.55. The number of hydrogen-bond acceptors (Lipinski definition) is 3. The van der Waals surface area contributed by atoms with Crippen molar-refractivity contribution < 1.29 is 9.84 Å². The molecule has 16 heavy (non-hydrogen) atoms. The van der Waals surface area contributed by atoms with Crippen molar-refractivity contribution in [3.63, 3.8) is 0 Å². The molecule has 1 fully saturated rings. The van der Waals surface area contributed by atoms with Crippen LogP contribution in [0.3, 0.4) is 0 Å². The Bertz CT molecular complexity index is 392. The average Bonchev–Trinajstić information content (AvgIpc) is 2.59. The van der Waals surface area contributed by atoms with Gasteiger partial charge in [0.05, 0.1) is 12.7 Å². The Balaban J connectivity index is 2.33. The summed E-state index contributed by atoms with van der Waals surface area (Å²) in [6.07, 6.45) is 0.838. The molecule has 3 heteroatoms. The molecule has 0 spiro atoms. The second kappa shape index (κ2) is 4.30. The van der Waals surface area contributed by atoms with E-state index in [-0.39, 0.29) is 0 Å². The zero-order valence-corrected chi connectivity index (χ0v) is 10.8. The van der Waals surface area contributed by atoms with Gasteiger partial charge in [0, 0.05) is 11.0 Å². The first-order valence-electron chi connectivity index (χ1n) is 5.54. The van der Waals surface area contributed by atoms with Crippen molar-refractivity contribution in [1.82, 2.24) is 0 Å². The van der Waals surface area contributed by atoms with Gasteiger partial charge in [-0.3, -0.25) is 0 Å². The van der Waals surface area contributed by atoms with E-state index in [1.807, 2.05) is 36.9 Å². The number of thioether (sulfide) groups is 1. The lowest BCUT2D eigenvalue weighted by atomic mass is 9.88. The van der Waals surface area contributed by atoms with Crippen LogP contribution < -0.4 is 4.74 Å². The average molecular weight is 238 g/mol. The molecule has 1 aliphatic heterocycles. The summed E-state index contributed by atoms with van der Waals surface area (Å²) in [6.45, 7) is 4.20. The maximum absolute atomic E-state index is 10.6. The van der Waals surface area contributed by atoms with Gasteiger partial charge in [-0.05, 0) is 36.6 Å². The minimum Gasteiger partial charge on any atom is -0.497 e. The predicted octanol–water partition coefficient (Wildman–Crippen LogP) is 2.72. The van der Waals surface area contributed by atoms with Gasteiger partial charge in [0.15, 0.2) is 0 Å². The van der Waals surface area contributed by atoms with Gasteiger partial charge in [-0.2, -0.15) is 11.8 Å². The lowest BCUT2D eigenvalue weighted by Gasteiger charge is -2.24. The molecule has 0 aromatic heterocycles. The third-order valence-electron chi connectivity index (χ3n) is 3.17. The van der Waals surface area contributed by atoms with Crippen molar-refractivity contribution in [1.29, 1.82) is 0 Å². The molecule has 2 nitrogen and oxygen atoms in total. The molecule has 1 N–H and O–H groups in total. The largest absolute Gasteiger partial charge is 0.497 e. The summed E-state index contributed by atoms with van der Waals surface area (Å²) in [5, 5.41) is 11.1. The molecule has 2 unspecified atom stereocenters. The van der Waals surface area contributed by atoms with Crippen LogP contribution in [0.4, 0.5) is 0 Å². The fourth-order valence-electron chi connectivity index (χ4n) is 2.35. The highest BCUT2D eigenvalue weighted by molar-refractivity contribution is 8.00. The quantitative estimate of drug-likeness (QED) is 0.859. The van der Waals surface area contributed by atoms with Gasteiger partial charge in [-0.15, -0.1) is 0 Å². The van der Waals surface area contributed by atoms with Gasteiger partial charge < -0.3 is 9.84 Å². The molecule has 2 atom stereocenters. The Morgan fingerprint density at radius 1 is 1.50 bits per heavy atom. The van der Waals surface area contributed by atoms with E-state index in [0.717, 1.165) is 29.1 Å². The lowest BCUT2D eigenvalue weighted by molar-refractivity contribution is 0.0605. The normalized spacial score (nSPS) is 29.4. The molecule has 88 valence electrons. The second-order valence-electron chi connectivity index (χ2n) is 4.54. The molecule has 0 saturated carbocycles. The Hall–Kier alpha value is -0.670. The highest BCUT2D eigenvalue weighted by atomic mass is 32.2. The Morgan fingerprint density at radius 3 is 2.75 bits per heavy atom. The van der Waals surface area contributed by atoms with Crippen molar-refractivity contribution >= 4 is 11.8 Å². The minimum absolute atomic E-state index is 0.534. The number of ether oxygens (including phenoxy) is 1. The van der Waals surface area contributed by atoms with Gasteiger partial charge >= 0.3 is 0 Å². The predicted molar refractivity (Wildman–Crippen MR) is 68.2 cm³/mol. The maximum Gasteiger partial charge on any atom is 0.119 e. The van der Waals surface area contributed by atoms with Crippen molar-refractivity contribution in [2.75, 3.05) is 12.9 Å². The van der Waals surface area contributed by atoms with Crippen molar-refractivity contribution in [2.24, 2.45) is 0 Å². The smallest absolute Gasteiger partial charge is 0.119 e. The fourth-order valence-corrected chi connectivity index (χ4v) is 3.57. The van der Waals surface area contributed by atoms with Gasteiger partial charge in [0.25, 0.3) is 0 Å². The molecule has 1 aliphatic rings. The van der Waals surface area contributed by atoms with E-state index in [9.17, 15) is 5.11 Å². The first-order valence-corrected chi connectivity index (χ1v) is 6.59. The number of rotatable bonds is 2. The summed E-state index contributed by atoms with van der Waals surface area (Å²) in [7, 11) is 1.66. The van der Waals surface area contributed by atoms with E-state index in [1.54, 1.807) is 7.11 Å². The van der Waals surface area contributed by atoms with Crippen LogP contribution >= 0.6 is 11.8 Å². The van der Waals surface area contributed by atoms with Crippen LogP contribution in [-0.4, -0.2) is 23.2 Å². The van der Waals surface area contributed by atoms with Crippen LogP contribution in [0, 0.1) is 6.92 Å². The summed E-state index contributed by atoms with van der Waals surface area (Å²) in [6, 6.07) is 5.90. The Morgan fingerprint density at radius 2 is 2.25 bits per heavy atom. The van der Waals surface area contributed by atoms with E-state index in [0.29, 0.717) is 5.25 Å². The fraction of sp³-hybridized carbons (Fsp3) is 0.538. The molecule has 0 bridgehead atoms. The van der Waals surface area contributed by atoms with E-state index in [2.05, 4.69) is 6.92 Å². The summed E-state index contributed by atoms with van der Waals surface area (Å²) in [5.74, 6) is 1.64. The van der Waals surface area contributed by atoms with Crippen molar-refractivity contribution in [2.45, 2.75) is 31.1 Å². The second-order valence-corrected chi connectivity index (χ2v) is 5.96. The van der Waals surface area contributed by atoms with Crippen molar-refractivity contribution in [3.05, 3.63) is 29.3 Å². The van der Waals surface area contributed by atoms with Gasteiger partial charge in [-0.1, -0.05) is 13.0 Å². The lowest BCUT2D eigenvalue weighted by Crippen LogP contribution is -2.26. The number of benzene rings is 1. The van der Waals surface area contributed by atoms with Crippen LogP contribution in [0.15, 0.2) is 18.2 Å². The Labute approximate surface area is 101 Å². The number of aliphatic hydroxyl groups is 1. The van der Waals surface area contributed by atoms with Gasteiger partial charge in [0.1, 0.15) is 5.75 Å². The molecule has 1 saturated heterocycles. The molecule has 1 aromatic rings. The molecule has 0 amide bonds. The maximum atomic E-state index is 10.6. The monoisotopic (exact) mass is 238 g/mol. The summed E-state index contributed by atoms with van der Waals surface area (Å²) in [5.41, 5.74) is 1.50. The third-order valence-corrected chi connectivity index (χ3v) is 4.55. The molecular weight excluding hydrogens is 220 g/mol. The molecule has 2 rings (SSSR count). The third kappa shape index (κ3) is 2.06. The van der Waals surface area contributed by atoms with E-state index < -0.39 is 5.60 Å². The topological polar surface area (TPSA) is 29.5 Å². The highest BCUT2D eigenvalue weighted by Crippen LogP contribution is 2.42. The van der Waals surface area contributed by atoms with Gasteiger partial charge in [-0.25, -0.2) is 0 Å². The van der Waals surface area contributed by atoms with E-state index in [1.165, 1.54) is 0 Å². The van der Waals surface area contributed by atoms with Crippen LogP contribution in [-0.2, 0) is 5.60 Å². The SMILES string of the molecule is COc1ccc(C2(O)CSC(C)C2)c(C)c1. The van der Waals surface area contributed by atoms with Crippen molar-refractivity contribution in [3.8, 4) is 5.75 Å². The van der Waals surface area contributed by atoms with Crippen LogP contribution in [0.25, 0.3) is 0 Å². The van der Waals surface area contributed by atoms with Gasteiger partial charge in [0.2, 0.25) is 0 Å². The molecular formula is C13H18O2S. The minimum atomic E-state index is -0.652. The summed E-state index contributed by atoms with van der Waals surface area (Å²) in [4.78, 5) is 0.